The van der Waals surface area contributed by atoms with E-state index in [4.69, 9.17) is 0 Å². The predicted molar refractivity (Wildman–Crippen MR) is 77.4 cm³/mol. The molecule has 0 unspecified atom stereocenters. The van der Waals surface area contributed by atoms with Gasteiger partial charge in [0, 0.05) is 11.8 Å². The van der Waals surface area contributed by atoms with Crippen LogP contribution in [0.4, 0.5) is 4.79 Å². The quantitative estimate of drug-likeness (QED) is 0.861. The minimum absolute atomic E-state index is 0.339. The molecule has 0 radical (unpaired) electrons. The van der Waals surface area contributed by atoms with E-state index in [1.165, 1.54) is 0 Å². The highest BCUT2D eigenvalue weighted by atomic mass is 32.2. The molecule has 1 aliphatic rings. The molecule has 1 aromatic carbocycles. The number of imide groups is 1. The lowest BCUT2D eigenvalue weighted by Crippen LogP contribution is -2.17. The number of thioether (sulfide) groups is 1. The van der Waals surface area contributed by atoms with Gasteiger partial charge in [0.15, 0.2) is 0 Å². The molecule has 1 saturated heterocycles. The van der Waals surface area contributed by atoms with E-state index in [0.29, 0.717) is 4.91 Å². The highest BCUT2D eigenvalue weighted by molar-refractivity contribution is 8.18. The Bertz CT molecular complexity index is 719. The lowest BCUT2D eigenvalue weighted by Gasteiger charge is -1.98. The zero-order chi connectivity index (χ0) is 14.1. The van der Waals surface area contributed by atoms with Gasteiger partial charge in [0.1, 0.15) is 0 Å². The van der Waals surface area contributed by atoms with Gasteiger partial charge in [-0.2, -0.15) is 5.10 Å². The van der Waals surface area contributed by atoms with Gasteiger partial charge in [0.2, 0.25) is 0 Å². The van der Waals surface area contributed by atoms with Gasteiger partial charge in [0.05, 0.1) is 16.3 Å². The van der Waals surface area contributed by atoms with E-state index in [-0.39, 0.29) is 11.1 Å². The van der Waals surface area contributed by atoms with Crippen LogP contribution in [0.15, 0.2) is 41.4 Å². The van der Waals surface area contributed by atoms with Crippen LogP contribution in [-0.4, -0.2) is 20.9 Å². The van der Waals surface area contributed by atoms with Crippen molar-refractivity contribution in [3.05, 3.63) is 52.7 Å². The summed E-state index contributed by atoms with van der Waals surface area (Å²) in [6, 6.07) is 9.70. The highest BCUT2D eigenvalue weighted by Crippen LogP contribution is 2.26. The molecular formula is C14H11N3O2S. The Hall–Kier alpha value is -2.34. The molecule has 1 aliphatic heterocycles. The van der Waals surface area contributed by atoms with Crippen LogP contribution in [0.2, 0.25) is 0 Å². The first kappa shape index (κ1) is 12.7. The van der Waals surface area contributed by atoms with Gasteiger partial charge in [-0.25, -0.2) is 4.68 Å². The minimum Gasteiger partial charge on any atom is -0.282 e. The predicted octanol–water partition coefficient (Wildman–Crippen LogP) is 2.50. The lowest BCUT2D eigenvalue weighted by molar-refractivity contribution is -0.115. The highest BCUT2D eigenvalue weighted by Gasteiger charge is 2.25. The Morgan fingerprint density at radius 3 is 2.65 bits per heavy atom. The average Bonchev–Trinajstić information content (AvgIpc) is 2.95. The molecule has 2 amide bonds. The average molecular weight is 285 g/mol. The molecule has 5 nitrogen and oxygen atoms in total. The second-order valence-corrected chi connectivity index (χ2v) is 5.32. The van der Waals surface area contributed by atoms with Gasteiger partial charge in [0.25, 0.3) is 11.1 Å². The molecule has 2 heterocycles. The number of para-hydroxylation sites is 1. The molecule has 0 aliphatic carbocycles. The summed E-state index contributed by atoms with van der Waals surface area (Å²) in [6.45, 7) is 1.87. The Balaban J connectivity index is 1.96. The summed E-state index contributed by atoms with van der Waals surface area (Å²) < 4.78 is 1.75. The van der Waals surface area contributed by atoms with Crippen molar-refractivity contribution < 1.29 is 9.59 Å². The zero-order valence-corrected chi connectivity index (χ0v) is 11.5. The van der Waals surface area contributed by atoms with E-state index in [0.717, 1.165) is 28.7 Å². The second-order valence-electron chi connectivity index (χ2n) is 4.30. The molecule has 1 fully saturated rings. The number of carbonyl (C=O) groups is 2. The maximum Gasteiger partial charge on any atom is 0.290 e. The van der Waals surface area contributed by atoms with Crippen molar-refractivity contribution in [3.63, 3.8) is 0 Å². The van der Waals surface area contributed by atoms with Gasteiger partial charge < -0.3 is 0 Å². The third-order valence-corrected chi connectivity index (χ3v) is 3.70. The summed E-state index contributed by atoms with van der Waals surface area (Å²) in [5, 5.41) is 6.31. The van der Waals surface area contributed by atoms with Crippen molar-refractivity contribution in [1.82, 2.24) is 15.1 Å². The van der Waals surface area contributed by atoms with Crippen molar-refractivity contribution >= 4 is 29.0 Å². The van der Waals surface area contributed by atoms with Crippen LogP contribution in [0.3, 0.4) is 0 Å². The van der Waals surface area contributed by atoms with Crippen LogP contribution in [0.5, 0.6) is 0 Å². The van der Waals surface area contributed by atoms with E-state index >= 15 is 0 Å². The van der Waals surface area contributed by atoms with Gasteiger partial charge in [-0.05, 0) is 36.9 Å². The Kier molecular flexibility index (Phi) is 3.15. The Labute approximate surface area is 119 Å². The Morgan fingerprint density at radius 1 is 1.25 bits per heavy atom. The lowest BCUT2D eigenvalue weighted by atomic mass is 10.2. The first-order valence-corrected chi connectivity index (χ1v) is 6.82. The molecule has 0 bridgehead atoms. The van der Waals surface area contributed by atoms with Crippen molar-refractivity contribution in [1.29, 1.82) is 0 Å². The van der Waals surface area contributed by atoms with Crippen molar-refractivity contribution in [3.8, 4) is 5.69 Å². The van der Waals surface area contributed by atoms with Gasteiger partial charge in [-0.3, -0.25) is 14.9 Å². The summed E-state index contributed by atoms with van der Waals surface area (Å²) in [6.07, 6.45) is 3.53. The minimum atomic E-state index is -0.355. The van der Waals surface area contributed by atoms with Gasteiger partial charge >= 0.3 is 0 Å². The maximum atomic E-state index is 11.5. The standard InChI is InChI=1S/C14H11N3O2S/c1-9-10(7-12-13(18)15-14(19)20-12)8-17(16-9)11-5-3-2-4-6-11/h2-8H,1H3,(H,15,18,19)/b12-7-. The van der Waals surface area contributed by atoms with E-state index in [1.807, 2.05) is 43.5 Å². The normalized spacial score (nSPS) is 16.8. The SMILES string of the molecule is Cc1nn(-c2ccccc2)cc1/C=C1\SC(=O)NC1=O. The fourth-order valence-corrected chi connectivity index (χ4v) is 2.56. The van der Waals surface area contributed by atoms with Gasteiger partial charge in [-0.15, -0.1) is 0 Å². The van der Waals surface area contributed by atoms with Crippen LogP contribution in [-0.2, 0) is 4.79 Å². The third kappa shape index (κ3) is 2.37. The summed E-state index contributed by atoms with van der Waals surface area (Å²) >= 11 is 0.907. The fraction of sp³-hybridized carbons (Fsp3) is 0.0714. The number of hydrogen-bond donors (Lipinski definition) is 1. The van der Waals surface area contributed by atoms with E-state index < -0.39 is 0 Å². The number of nitrogens with one attached hydrogen (secondary N) is 1. The molecule has 1 N–H and O–H groups in total. The summed E-state index contributed by atoms with van der Waals surface area (Å²) in [4.78, 5) is 23.1. The number of amides is 2. The number of aryl methyl sites for hydroxylation is 1. The molecule has 2 aromatic rings. The molecule has 100 valence electrons. The number of nitrogens with zero attached hydrogens (tertiary/aromatic N) is 2. The molecule has 20 heavy (non-hydrogen) atoms. The molecule has 0 atom stereocenters. The molecule has 0 spiro atoms. The number of hydrogen-bond acceptors (Lipinski definition) is 4. The van der Waals surface area contributed by atoms with Crippen molar-refractivity contribution in [2.45, 2.75) is 6.92 Å². The number of benzene rings is 1. The molecule has 6 heteroatoms. The van der Waals surface area contributed by atoms with Crippen LogP contribution in [0, 0.1) is 6.92 Å². The van der Waals surface area contributed by atoms with E-state index in [2.05, 4.69) is 10.4 Å². The van der Waals surface area contributed by atoms with Crippen LogP contribution in [0.1, 0.15) is 11.3 Å². The smallest absolute Gasteiger partial charge is 0.282 e. The van der Waals surface area contributed by atoms with Crippen LogP contribution in [0.25, 0.3) is 11.8 Å². The number of aromatic nitrogens is 2. The number of rotatable bonds is 2. The summed E-state index contributed by atoms with van der Waals surface area (Å²) in [5.41, 5.74) is 2.56. The first-order valence-electron chi connectivity index (χ1n) is 6.00. The topological polar surface area (TPSA) is 64.0 Å². The molecule has 1 aromatic heterocycles. The van der Waals surface area contributed by atoms with E-state index in [9.17, 15) is 9.59 Å². The summed E-state index contributed by atoms with van der Waals surface area (Å²) in [7, 11) is 0. The van der Waals surface area contributed by atoms with Gasteiger partial charge in [-0.1, -0.05) is 18.2 Å². The third-order valence-electron chi connectivity index (χ3n) is 2.89. The van der Waals surface area contributed by atoms with Crippen molar-refractivity contribution in [2.75, 3.05) is 0 Å². The maximum absolute atomic E-state index is 11.5. The number of carbonyl (C=O) groups excluding carboxylic acids is 2. The van der Waals surface area contributed by atoms with Crippen LogP contribution < -0.4 is 5.32 Å². The monoisotopic (exact) mass is 285 g/mol. The fourth-order valence-electron chi connectivity index (χ4n) is 1.89. The zero-order valence-electron chi connectivity index (χ0n) is 10.7. The second kappa shape index (κ2) is 4.97. The van der Waals surface area contributed by atoms with E-state index in [1.54, 1.807) is 10.8 Å². The van der Waals surface area contributed by atoms with Crippen molar-refractivity contribution in [2.24, 2.45) is 0 Å². The molecule has 3 rings (SSSR count). The Morgan fingerprint density at radius 2 is 2.00 bits per heavy atom. The summed E-state index contributed by atoms with van der Waals surface area (Å²) in [5.74, 6) is -0.355. The first-order chi connectivity index (χ1) is 9.63. The van der Waals surface area contributed by atoms with Crippen LogP contribution >= 0.6 is 11.8 Å². The molecular weight excluding hydrogens is 274 g/mol. The largest absolute Gasteiger partial charge is 0.290 e. The molecule has 0 saturated carbocycles.